The second kappa shape index (κ2) is 4.45. The molecule has 2 atom stereocenters. The lowest BCUT2D eigenvalue weighted by molar-refractivity contribution is 0.719. The first-order valence-corrected chi connectivity index (χ1v) is 5.91. The van der Waals surface area contributed by atoms with Crippen LogP contribution in [0.2, 0.25) is 5.02 Å². The molecule has 1 aromatic heterocycles. The summed E-state index contributed by atoms with van der Waals surface area (Å²) < 4.78 is 0. The fourth-order valence-corrected chi connectivity index (χ4v) is 2.07. The Morgan fingerprint density at radius 3 is 2.88 bits per heavy atom. The average molecular weight is 241 g/mol. The number of nitrogens with zero attached hydrogens (tertiary/aromatic N) is 3. The largest absolute Gasteiger partial charge is 0.358 e. The van der Waals surface area contributed by atoms with E-state index in [2.05, 4.69) is 27.1 Å². The summed E-state index contributed by atoms with van der Waals surface area (Å²) >= 11 is 6.09. The van der Waals surface area contributed by atoms with Crippen LogP contribution in [0.5, 0.6) is 0 Å². The minimum atomic E-state index is 0.606. The fourth-order valence-electron chi connectivity index (χ4n) is 1.84. The molecule has 88 valence electrons. The van der Waals surface area contributed by atoms with Crippen LogP contribution in [0.25, 0.3) is 0 Å². The lowest BCUT2D eigenvalue weighted by Gasteiger charge is -2.19. The van der Waals surface area contributed by atoms with E-state index in [-0.39, 0.29) is 0 Å². The molecule has 5 heteroatoms. The lowest BCUT2D eigenvalue weighted by atomic mass is 10.3. The van der Waals surface area contributed by atoms with Gasteiger partial charge in [0.15, 0.2) is 5.82 Å². The molecular weight excluding hydrogens is 224 g/mol. The second-order valence-electron chi connectivity index (χ2n) is 4.47. The van der Waals surface area contributed by atoms with Gasteiger partial charge in [-0.1, -0.05) is 18.5 Å². The molecule has 4 nitrogen and oxygen atoms in total. The molecule has 1 heterocycles. The van der Waals surface area contributed by atoms with Gasteiger partial charge in [-0.05, 0) is 18.3 Å². The maximum Gasteiger partial charge on any atom is 0.224 e. The summed E-state index contributed by atoms with van der Waals surface area (Å²) in [5.41, 5.74) is 0. The first-order valence-electron chi connectivity index (χ1n) is 5.53. The Kier molecular flexibility index (Phi) is 3.19. The quantitative estimate of drug-likeness (QED) is 0.877. The molecule has 2 unspecified atom stereocenters. The third-order valence-electron chi connectivity index (χ3n) is 3.10. The van der Waals surface area contributed by atoms with Crippen molar-refractivity contribution >= 4 is 23.4 Å². The van der Waals surface area contributed by atoms with Gasteiger partial charge in [-0.3, -0.25) is 0 Å². The summed E-state index contributed by atoms with van der Waals surface area (Å²) in [5.74, 6) is 3.04. The van der Waals surface area contributed by atoms with Gasteiger partial charge >= 0.3 is 0 Å². The van der Waals surface area contributed by atoms with Gasteiger partial charge in [-0.15, -0.1) is 0 Å². The van der Waals surface area contributed by atoms with Gasteiger partial charge in [0.25, 0.3) is 0 Å². The van der Waals surface area contributed by atoms with Crippen molar-refractivity contribution in [3.63, 3.8) is 0 Å². The van der Waals surface area contributed by atoms with Crippen molar-refractivity contribution in [3.05, 3.63) is 11.2 Å². The Balaban J connectivity index is 2.11. The standard InChI is InChI=1S/C11H17ClN4/c1-7-4-8(7)6-16(3)10-9(12)5-14-11(13-2)15-10/h5,7-8H,4,6H2,1-3H3,(H,13,14,15). The number of aromatic nitrogens is 2. The highest BCUT2D eigenvalue weighted by atomic mass is 35.5. The van der Waals surface area contributed by atoms with Gasteiger partial charge < -0.3 is 10.2 Å². The number of rotatable bonds is 4. The molecular formula is C11H17ClN4. The predicted octanol–water partition coefficient (Wildman–Crippen LogP) is 2.26. The molecule has 1 saturated carbocycles. The lowest BCUT2D eigenvalue weighted by Crippen LogP contribution is -2.22. The van der Waals surface area contributed by atoms with Crippen LogP contribution in [0.1, 0.15) is 13.3 Å². The Hall–Kier alpha value is -1.03. The molecule has 0 aromatic carbocycles. The molecule has 2 rings (SSSR count). The average Bonchev–Trinajstić information content (AvgIpc) is 2.94. The van der Waals surface area contributed by atoms with Crippen LogP contribution in [0.15, 0.2) is 6.20 Å². The maximum absolute atomic E-state index is 6.09. The third-order valence-corrected chi connectivity index (χ3v) is 3.36. The number of anilines is 2. The van der Waals surface area contributed by atoms with Crippen molar-refractivity contribution in [3.8, 4) is 0 Å². The van der Waals surface area contributed by atoms with E-state index in [9.17, 15) is 0 Å². The zero-order valence-electron chi connectivity index (χ0n) is 9.87. The zero-order chi connectivity index (χ0) is 11.7. The normalized spacial score (nSPS) is 23.0. The van der Waals surface area contributed by atoms with Crippen LogP contribution in [0.4, 0.5) is 11.8 Å². The van der Waals surface area contributed by atoms with E-state index in [0.29, 0.717) is 11.0 Å². The molecule has 0 bridgehead atoms. The van der Waals surface area contributed by atoms with E-state index in [0.717, 1.165) is 24.2 Å². The second-order valence-corrected chi connectivity index (χ2v) is 4.88. The number of nitrogens with one attached hydrogen (secondary N) is 1. The zero-order valence-corrected chi connectivity index (χ0v) is 10.6. The highest BCUT2D eigenvalue weighted by Crippen LogP contribution is 2.39. The fraction of sp³-hybridized carbons (Fsp3) is 0.636. The van der Waals surface area contributed by atoms with Crippen molar-refractivity contribution in [1.29, 1.82) is 0 Å². The summed E-state index contributed by atoms with van der Waals surface area (Å²) in [6.07, 6.45) is 2.95. The summed E-state index contributed by atoms with van der Waals surface area (Å²) in [6.45, 7) is 3.29. The van der Waals surface area contributed by atoms with Crippen LogP contribution >= 0.6 is 11.6 Å². The molecule has 0 aliphatic heterocycles. The number of hydrogen-bond donors (Lipinski definition) is 1. The van der Waals surface area contributed by atoms with Crippen LogP contribution in [-0.2, 0) is 0 Å². The van der Waals surface area contributed by atoms with E-state index in [1.165, 1.54) is 6.42 Å². The van der Waals surface area contributed by atoms with Crippen LogP contribution in [0.3, 0.4) is 0 Å². The predicted molar refractivity (Wildman–Crippen MR) is 67.1 cm³/mol. The van der Waals surface area contributed by atoms with E-state index in [4.69, 9.17) is 11.6 Å². The smallest absolute Gasteiger partial charge is 0.224 e. The highest BCUT2D eigenvalue weighted by molar-refractivity contribution is 6.32. The van der Waals surface area contributed by atoms with Gasteiger partial charge in [-0.25, -0.2) is 4.98 Å². The van der Waals surface area contributed by atoms with Crippen molar-refractivity contribution in [2.24, 2.45) is 11.8 Å². The van der Waals surface area contributed by atoms with Crippen LogP contribution in [0, 0.1) is 11.8 Å². The maximum atomic E-state index is 6.09. The van der Waals surface area contributed by atoms with E-state index in [1.54, 1.807) is 13.2 Å². The van der Waals surface area contributed by atoms with E-state index < -0.39 is 0 Å². The Morgan fingerprint density at radius 1 is 1.62 bits per heavy atom. The first kappa shape index (κ1) is 11.5. The van der Waals surface area contributed by atoms with Gasteiger partial charge in [0.2, 0.25) is 5.95 Å². The van der Waals surface area contributed by atoms with E-state index in [1.807, 2.05) is 7.05 Å². The molecule has 16 heavy (non-hydrogen) atoms. The van der Waals surface area contributed by atoms with E-state index >= 15 is 0 Å². The highest BCUT2D eigenvalue weighted by Gasteiger charge is 2.33. The van der Waals surface area contributed by atoms with Crippen molar-refractivity contribution < 1.29 is 0 Å². The molecule has 0 saturated heterocycles. The minimum absolute atomic E-state index is 0.606. The summed E-state index contributed by atoms with van der Waals surface area (Å²) in [6, 6.07) is 0. The van der Waals surface area contributed by atoms with Crippen molar-refractivity contribution in [2.45, 2.75) is 13.3 Å². The Labute approximate surface area is 101 Å². The van der Waals surface area contributed by atoms with Crippen molar-refractivity contribution in [2.75, 3.05) is 30.9 Å². The SMILES string of the molecule is CNc1ncc(Cl)c(N(C)CC2CC2C)n1. The van der Waals surface area contributed by atoms with Gasteiger partial charge in [0.05, 0.1) is 6.20 Å². The molecule has 0 radical (unpaired) electrons. The number of halogens is 1. The molecule has 1 N–H and O–H groups in total. The minimum Gasteiger partial charge on any atom is -0.358 e. The molecule has 1 fully saturated rings. The van der Waals surface area contributed by atoms with Crippen LogP contribution < -0.4 is 10.2 Å². The molecule has 1 aliphatic carbocycles. The summed E-state index contributed by atoms with van der Waals surface area (Å²) in [7, 11) is 3.83. The summed E-state index contributed by atoms with van der Waals surface area (Å²) in [5, 5.41) is 3.53. The molecule has 1 aromatic rings. The van der Waals surface area contributed by atoms with Crippen LogP contribution in [-0.4, -0.2) is 30.6 Å². The molecule has 0 amide bonds. The van der Waals surface area contributed by atoms with Gasteiger partial charge in [0, 0.05) is 20.6 Å². The van der Waals surface area contributed by atoms with Crippen molar-refractivity contribution in [1.82, 2.24) is 9.97 Å². The van der Waals surface area contributed by atoms with Gasteiger partial charge in [-0.2, -0.15) is 4.98 Å². The van der Waals surface area contributed by atoms with Gasteiger partial charge in [0.1, 0.15) is 5.02 Å². The monoisotopic (exact) mass is 240 g/mol. The first-order chi connectivity index (χ1) is 7.61. The Morgan fingerprint density at radius 2 is 2.31 bits per heavy atom. The summed E-state index contributed by atoms with van der Waals surface area (Å²) in [4.78, 5) is 10.5. The number of hydrogen-bond acceptors (Lipinski definition) is 4. The third kappa shape index (κ3) is 2.38. The Bertz CT molecular complexity index is 382. The molecule has 1 aliphatic rings. The molecule has 0 spiro atoms. The topological polar surface area (TPSA) is 41.1 Å².